The number of thioether (sulfide) groups is 1. The highest BCUT2D eigenvalue weighted by Crippen LogP contribution is 2.64. The van der Waals surface area contributed by atoms with Gasteiger partial charge in [-0.3, -0.25) is 4.79 Å². The van der Waals surface area contributed by atoms with Gasteiger partial charge in [0.25, 0.3) is 0 Å². The Kier molecular flexibility index (Phi) is 9.61. The summed E-state index contributed by atoms with van der Waals surface area (Å²) in [5.74, 6) is -58.7. The number of rotatable bonds is 13. The van der Waals surface area contributed by atoms with Gasteiger partial charge in [0, 0.05) is 24.8 Å². The smallest absolute Gasteiger partial charge is 0.460 e. The summed E-state index contributed by atoms with van der Waals surface area (Å²) in [5.41, 5.74) is 0.259. The summed E-state index contributed by atoms with van der Waals surface area (Å²) in [4.78, 5) is 13.9. The largest absolute Gasteiger partial charge is 0.497 e. The Labute approximate surface area is 234 Å². The van der Waals surface area contributed by atoms with Gasteiger partial charge in [0.2, 0.25) is 5.91 Å². The summed E-state index contributed by atoms with van der Waals surface area (Å²) < 4.78 is 234. The lowest BCUT2D eigenvalue weighted by atomic mass is 9.88. The van der Waals surface area contributed by atoms with Crippen LogP contribution in [0.2, 0.25) is 0 Å². The molecule has 1 atom stereocenters. The number of carbonyl (C=O) groups is 1. The number of methoxy groups -OCH3 is 1. The summed E-state index contributed by atoms with van der Waals surface area (Å²) in [6.07, 6.45) is -10.1. The summed E-state index contributed by atoms with van der Waals surface area (Å²) in [7, 11) is 1.25. The van der Waals surface area contributed by atoms with Gasteiger partial charge < -0.3 is 9.64 Å². The van der Waals surface area contributed by atoms with Crippen molar-refractivity contribution < 1.29 is 84.2 Å². The van der Waals surface area contributed by atoms with Gasteiger partial charge in [-0.15, -0.1) is 11.8 Å². The van der Waals surface area contributed by atoms with Gasteiger partial charge in [-0.2, -0.15) is 74.6 Å². The molecule has 43 heavy (non-hydrogen) atoms. The normalized spacial score (nSPS) is 17.9. The molecule has 248 valence electrons. The van der Waals surface area contributed by atoms with Crippen LogP contribution in [0.25, 0.3) is 0 Å². The first kappa shape index (κ1) is 36.8. The van der Waals surface area contributed by atoms with Crippen molar-refractivity contribution in [3.8, 4) is 5.75 Å². The van der Waals surface area contributed by atoms with Crippen molar-refractivity contribution in [1.82, 2.24) is 0 Å². The van der Waals surface area contributed by atoms with Crippen LogP contribution in [0.4, 0.5) is 80.3 Å². The second-order valence-electron chi connectivity index (χ2n) is 9.06. The molecule has 0 aliphatic carbocycles. The zero-order valence-electron chi connectivity index (χ0n) is 21.2. The molecule has 1 aliphatic rings. The van der Waals surface area contributed by atoms with Crippen molar-refractivity contribution in [2.24, 2.45) is 0 Å². The Morgan fingerprint density at radius 2 is 1.21 bits per heavy atom. The fourth-order valence-electron chi connectivity index (χ4n) is 3.77. The van der Waals surface area contributed by atoms with Crippen LogP contribution in [0.1, 0.15) is 30.6 Å². The Balaban J connectivity index is 2.37. The molecule has 0 spiro atoms. The van der Waals surface area contributed by atoms with Crippen LogP contribution in [-0.4, -0.2) is 72.9 Å². The van der Waals surface area contributed by atoms with Crippen LogP contribution in [0.5, 0.6) is 5.75 Å². The average Bonchev–Trinajstić information content (AvgIpc) is 3.12. The van der Waals surface area contributed by atoms with Crippen molar-refractivity contribution >= 4 is 23.4 Å². The van der Waals surface area contributed by atoms with E-state index in [0.29, 0.717) is 6.42 Å². The molecule has 2 rings (SSSR count). The minimum absolute atomic E-state index is 0.0395. The van der Waals surface area contributed by atoms with E-state index in [2.05, 4.69) is 0 Å². The van der Waals surface area contributed by atoms with Gasteiger partial charge >= 0.3 is 47.6 Å². The number of halogens is 17. The summed E-state index contributed by atoms with van der Waals surface area (Å²) in [6.45, 7) is 1.66. The molecule has 21 heteroatoms. The van der Waals surface area contributed by atoms with E-state index in [4.69, 9.17) is 4.74 Å². The van der Waals surface area contributed by atoms with Crippen LogP contribution < -0.4 is 9.64 Å². The summed E-state index contributed by atoms with van der Waals surface area (Å²) in [6, 6.07) is 3.87. The molecule has 1 heterocycles. The van der Waals surface area contributed by atoms with Gasteiger partial charge in [-0.25, -0.2) is 0 Å². The number of anilines is 1. The Bertz CT molecular complexity index is 1180. The van der Waals surface area contributed by atoms with Crippen LogP contribution in [0, 0.1) is 0 Å². The second-order valence-corrected chi connectivity index (χ2v) is 10.3. The number of amides is 1. The zero-order chi connectivity index (χ0) is 33.8. The molecular formula is C22H18F17NO2S. The highest BCUT2D eigenvalue weighted by atomic mass is 32.2. The fraction of sp³-hybridized carbons (Fsp3) is 0.682. The third kappa shape index (κ3) is 5.44. The summed E-state index contributed by atoms with van der Waals surface area (Å²) in [5, 5.41) is -1.47. The van der Waals surface area contributed by atoms with E-state index in [1.807, 2.05) is 0 Å². The Hall–Kier alpha value is -2.35. The molecule has 0 N–H and O–H groups in total. The van der Waals surface area contributed by atoms with Crippen molar-refractivity contribution in [2.75, 3.05) is 24.3 Å². The molecule has 0 saturated carbocycles. The van der Waals surface area contributed by atoms with Crippen molar-refractivity contribution in [1.29, 1.82) is 0 Å². The highest BCUT2D eigenvalue weighted by molar-refractivity contribution is 8.00. The second kappa shape index (κ2) is 11.2. The van der Waals surface area contributed by atoms with Crippen LogP contribution in [0.15, 0.2) is 18.2 Å². The average molecular weight is 683 g/mol. The van der Waals surface area contributed by atoms with Gasteiger partial charge in [0.05, 0.1) is 12.8 Å². The molecule has 1 unspecified atom stereocenters. The number of fused-ring (bicyclic) bond motifs is 1. The summed E-state index contributed by atoms with van der Waals surface area (Å²) >= 11 is 0.0848. The number of hydrogen-bond donors (Lipinski definition) is 0. The number of benzene rings is 1. The molecule has 0 aromatic heterocycles. The van der Waals surface area contributed by atoms with E-state index in [-0.39, 0.29) is 35.3 Å². The molecule has 0 saturated heterocycles. The molecular weight excluding hydrogens is 665 g/mol. The first-order valence-electron chi connectivity index (χ1n) is 11.4. The Morgan fingerprint density at radius 3 is 1.65 bits per heavy atom. The monoisotopic (exact) mass is 683 g/mol. The topological polar surface area (TPSA) is 29.5 Å². The van der Waals surface area contributed by atoms with Crippen LogP contribution >= 0.6 is 11.8 Å². The first-order chi connectivity index (χ1) is 19.1. The minimum Gasteiger partial charge on any atom is -0.497 e. The minimum atomic E-state index is -8.67. The maximum absolute atomic E-state index is 14.2. The van der Waals surface area contributed by atoms with Crippen LogP contribution in [0.3, 0.4) is 0 Å². The predicted octanol–water partition coefficient (Wildman–Crippen LogP) is 8.63. The lowest BCUT2D eigenvalue weighted by Crippen LogP contribution is -2.74. The SMILES string of the molecule is CCCN1C(=O)C(SCCC(F)(F)C(F)(F)C(F)(F)C(F)(F)C(F)(F)C(F)(F)C(F)(F)C(F)(F)F)c2ccc(OC)cc21. The van der Waals surface area contributed by atoms with E-state index in [0.717, 1.165) is 4.90 Å². The maximum Gasteiger partial charge on any atom is 0.460 e. The highest BCUT2D eigenvalue weighted by Gasteiger charge is 2.95. The lowest BCUT2D eigenvalue weighted by molar-refractivity contribution is -0.461. The van der Waals surface area contributed by atoms with E-state index in [1.54, 1.807) is 6.92 Å². The molecule has 1 aliphatic heterocycles. The third-order valence-corrected chi connectivity index (χ3v) is 7.46. The maximum atomic E-state index is 14.2. The molecule has 1 amide bonds. The molecule has 0 radical (unpaired) electrons. The lowest BCUT2D eigenvalue weighted by Gasteiger charge is -2.42. The Morgan fingerprint density at radius 1 is 0.744 bits per heavy atom. The van der Waals surface area contributed by atoms with E-state index in [1.165, 1.54) is 25.3 Å². The van der Waals surface area contributed by atoms with Crippen molar-refractivity contribution in [3.63, 3.8) is 0 Å². The van der Waals surface area contributed by atoms with Crippen molar-refractivity contribution in [2.45, 2.75) is 72.6 Å². The fourth-order valence-corrected chi connectivity index (χ4v) is 5.03. The predicted molar refractivity (Wildman–Crippen MR) is 116 cm³/mol. The van der Waals surface area contributed by atoms with E-state index >= 15 is 0 Å². The van der Waals surface area contributed by atoms with Gasteiger partial charge in [0.15, 0.2) is 0 Å². The third-order valence-electron chi connectivity index (χ3n) is 6.24. The number of hydrogen-bond acceptors (Lipinski definition) is 3. The molecule has 3 nitrogen and oxygen atoms in total. The molecule has 0 fully saturated rings. The number of alkyl halides is 17. The standard InChI is InChI=1S/C22H18F17NO2S/c1-3-7-40-12-9-10(42-2)4-5-11(12)13(14(40)41)43-8-6-15(23,24)16(25,26)17(27,28)18(29,30)19(31,32)20(33,34)21(35,36)22(37,38)39/h4-5,9,13H,3,6-8H2,1-2H3. The number of nitrogens with zero attached hydrogens (tertiary/aromatic N) is 1. The number of carbonyl (C=O) groups excluding carboxylic acids is 1. The zero-order valence-corrected chi connectivity index (χ0v) is 22.1. The first-order valence-corrected chi connectivity index (χ1v) is 12.5. The van der Waals surface area contributed by atoms with E-state index in [9.17, 15) is 79.4 Å². The number of ether oxygens (including phenoxy) is 1. The van der Waals surface area contributed by atoms with Crippen LogP contribution in [-0.2, 0) is 4.79 Å². The quantitative estimate of drug-likeness (QED) is 0.195. The van der Waals surface area contributed by atoms with Gasteiger partial charge in [-0.1, -0.05) is 13.0 Å². The molecule has 1 aromatic rings. The van der Waals surface area contributed by atoms with Crippen molar-refractivity contribution in [3.05, 3.63) is 23.8 Å². The molecule has 1 aromatic carbocycles. The molecule has 0 bridgehead atoms. The van der Waals surface area contributed by atoms with Gasteiger partial charge in [0.1, 0.15) is 11.0 Å². The van der Waals surface area contributed by atoms with Gasteiger partial charge in [-0.05, 0) is 18.1 Å². The van der Waals surface area contributed by atoms with E-state index < -0.39 is 71.0 Å².